The Morgan fingerprint density at radius 1 is 1.47 bits per heavy atom. The van der Waals surface area contributed by atoms with Crippen LogP contribution in [0.25, 0.3) is 0 Å². The lowest BCUT2D eigenvalue weighted by molar-refractivity contribution is 0.944. The van der Waals surface area contributed by atoms with Gasteiger partial charge < -0.3 is 10.7 Å². The van der Waals surface area contributed by atoms with Crippen molar-refractivity contribution in [1.82, 2.24) is 15.0 Å². The van der Waals surface area contributed by atoms with Crippen molar-refractivity contribution >= 4 is 40.8 Å². The van der Waals surface area contributed by atoms with E-state index in [1.807, 2.05) is 6.92 Å². The second-order valence-electron chi connectivity index (χ2n) is 3.79. The van der Waals surface area contributed by atoms with Crippen molar-refractivity contribution in [3.05, 3.63) is 43.9 Å². The van der Waals surface area contributed by atoms with Crippen LogP contribution in [0.2, 0.25) is 10.2 Å². The van der Waals surface area contributed by atoms with Crippen LogP contribution in [0.3, 0.4) is 0 Å². The van der Waals surface area contributed by atoms with Gasteiger partial charge >= 0.3 is 0 Å². The quantitative estimate of drug-likeness (QED) is 0.516. The summed E-state index contributed by atoms with van der Waals surface area (Å²) in [6, 6.07) is 1.22. The van der Waals surface area contributed by atoms with Crippen molar-refractivity contribution in [1.29, 1.82) is 0 Å². The van der Waals surface area contributed by atoms with Gasteiger partial charge in [-0.25, -0.2) is 9.97 Å². The summed E-state index contributed by atoms with van der Waals surface area (Å²) in [5.41, 5.74) is 6.76. The topological polar surface area (TPSA) is 84.7 Å². The van der Waals surface area contributed by atoms with Crippen LogP contribution in [0, 0.1) is 6.92 Å². The first kappa shape index (κ1) is 14.2. The molecule has 2 aromatic rings. The van der Waals surface area contributed by atoms with Crippen LogP contribution in [0.15, 0.2) is 22.2 Å². The van der Waals surface area contributed by atoms with Gasteiger partial charge in [0.1, 0.15) is 11.0 Å². The molecule has 0 aliphatic carbocycles. The Hall–Kier alpha value is -1.24. The van der Waals surface area contributed by atoms with Gasteiger partial charge in [0.2, 0.25) is 0 Å². The molecule has 0 spiro atoms. The minimum absolute atomic E-state index is 0.172. The summed E-state index contributed by atoms with van der Waals surface area (Å²) in [7, 11) is 0. The molecule has 100 valence electrons. The van der Waals surface area contributed by atoms with E-state index in [9.17, 15) is 4.79 Å². The molecule has 19 heavy (non-hydrogen) atoms. The van der Waals surface area contributed by atoms with Crippen LogP contribution >= 0.6 is 35.0 Å². The normalized spacial score (nSPS) is 10.7. The number of thioether (sulfide) groups is 1. The van der Waals surface area contributed by atoms with Gasteiger partial charge in [0.25, 0.3) is 5.56 Å². The van der Waals surface area contributed by atoms with Crippen LogP contribution in [0.4, 0.5) is 5.82 Å². The zero-order valence-corrected chi connectivity index (χ0v) is 12.2. The number of aromatic amines is 1. The SMILES string of the molecule is Cc1cnc(Cl)c(CSc2nc(N)cc(=O)[nH]2)c1Cl. The van der Waals surface area contributed by atoms with Gasteiger partial charge in [-0.2, -0.15) is 0 Å². The number of nitrogens with two attached hydrogens (primary N) is 1. The smallest absolute Gasteiger partial charge is 0.253 e. The zero-order chi connectivity index (χ0) is 14.0. The number of anilines is 1. The number of nitrogens with one attached hydrogen (secondary N) is 1. The first-order valence-electron chi connectivity index (χ1n) is 5.26. The molecule has 0 saturated heterocycles. The van der Waals surface area contributed by atoms with E-state index in [1.165, 1.54) is 17.8 Å². The number of aryl methyl sites for hydroxylation is 1. The fourth-order valence-electron chi connectivity index (χ4n) is 1.40. The number of nitrogens with zero attached hydrogens (tertiary/aromatic N) is 2. The van der Waals surface area contributed by atoms with E-state index in [1.54, 1.807) is 6.20 Å². The van der Waals surface area contributed by atoms with Crippen molar-refractivity contribution in [3.8, 4) is 0 Å². The molecule has 0 aliphatic heterocycles. The molecule has 0 amide bonds. The monoisotopic (exact) mass is 316 g/mol. The predicted molar refractivity (Wildman–Crippen MR) is 77.8 cm³/mol. The maximum atomic E-state index is 11.3. The summed E-state index contributed by atoms with van der Waals surface area (Å²) in [5.74, 6) is 0.615. The molecule has 0 bridgehead atoms. The average molecular weight is 317 g/mol. The lowest BCUT2D eigenvalue weighted by Crippen LogP contribution is -2.09. The minimum atomic E-state index is -0.297. The van der Waals surface area contributed by atoms with Gasteiger partial charge in [-0.05, 0) is 12.5 Å². The molecule has 0 atom stereocenters. The van der Waals surface area contributed by atoms with Crippen LogP contribution in [0.1, 0.15) is 11.1 Å². The van der Waals surface area contributed by atoms with E-state index in [4.69, 9.17) is 28.9 Å². The largest absolute Gasteiger partial charge is 0.383 e. The van der Waals surface area contributed by atoms with Crippen molar-refractivity contribution in [3.63, 3.8) is 0 Å². The molecule has 0 radical (unpaired) electrons. The van der Waals surface area contributed by atoms with Gasteiger partial charge in [-0.1, -0.05) is 35.0 Å². The third-order valence-electron chi connectivity index (χ3n) is 2.32. The van der Waals surface area contributed by atoms with E-state index in [-0.39, 0.29) is 11.4 Å². The van der Waals surface area contributed by atoms with E-state index in [0.717, 1.165) is 5.56 Å². The van der Waals surface area contributed by atoms with Crippen LogP contribution in [-0.2, 0) is 5.75 Å². The number of rotatable bonds is 3. The molecule has 3 N–H and O–H groups in total. The standard InChI is InChI=1S/C11H10Cl2N4OS/c1-5-3-15-10(13)6(9(5)12)4-19-11-16-7(14)2-8(18)17-11/h2-3H,4H2,1H3,(H3,14,16,17,18). The molecule has 8 heteroatoms. The second-order valence-corrected chi connectivity index (χ2v) is 5.49. The Kier molecular flexibility index (Phi) is 4.34. The minimum Gasteiger partial charge on any atom is -0.383 e. The molecule has 0 unspecified atom stereocenters. The lowest BCUT2D eigenvalue weighted by Gasteiger charge is -2.08. The third kappa shape index (κ3) is 3.40. The first-order valence-corrected chi connectivity index (χ1v) is 7.00. The van der Waals surface area contributed by atoms with E-state index in [2.05, 4.69) is 15.0 Å². The van der Waals surface area contributed by atoms with E-state index < -0.39 is 0 Å². The summed E-state index contributed by atoms with van der Waals surface area (Å²) in [6.45, 7) is 1.85. The molecular formula is C11H10Cl2N4OS. The Labute approximate surface area is 123 Å². The van der Waals surface area contributed by atoms with Crippen LogP contribution in [-0.4, -0.2) is 15.0 Å². The Morgan fingerprint density at radius 2 is 2.21 bits per heavy atom. The van der Waals surface area contributed by atoms with E-state index >= 15 is 0 Å². The molecule has 0 aromatic carbocycles. The Balaban J connectivity index is 2.23. The van der Waals surface area contributed by atoms with Crippen molar-refractivity contribution in [2.75, 3.05) is 5.73 Å². The number of hydrogen-bond donors (Lipinski definition) is 2. The molecule has 5 nitrogen and oxygen atoms in total. The highest BCUT2D eigenvalue weighted by molar-refractivity contribution is 7.98. The number of pyridine rings is 1. The zero-order valence-electron chi connectivity index (χ0n) is 9.91. The van der Waals surface area contributed by atoms with Gasteiger partial charge in [0, 0.05) is 23.6 Å². The highest BCUT2D eigenvalue weighted by atomic mass is 35.5. The number of aromatic nitrogens is 3. The highest BCUT2D eigenvalue weighted by Gasteiger charge is 2.11. The molecule has 2 heterocycles. The number of halogens is 2. The molecular weight excluding hydrogens is 307 g/mol. The molecule has 0 saturated carbocycles. The molecule has 2 aromatic heterocycles. The summed E-state index contributed by atoms with van der Waals surface area (Å²) in [6.07, 6.45) is 1.61. The molecule has 2 rings (SSSR count). The van der Waals surface area contributed by atoms with E-state index in [0.29, 0.717) is 26.6 Å². The summed E-state index contributed by atoms with van der Waals surface area (Å²) in [5, 5.41) is 1.33. The predicted octanol–water partition coefficient (Wildman–Crippen LogP) is 2.65. The fourth-order valence-corrected chi connectivity index (χ4v) is 2.93. The fraction of sp³-hybridized carbons (Fsp3) is 0.182. The average Bonchev–Trinajstić information content (AvgIpc) is 2.33. The first-order chi connectivity index (χ1) is 8.97. The summed E-state index contributed by atoms with van der Waals surface area (Å²) < 4.78 is 0. The summed E-state index contributed by atoms with van der Waals surface area (Å²) in [4.78, 5) is 21.9. The maximum Gasteiger partial charge on any atom is 0.253 e. The maximum absolute atomic E-state index is 11.3. The highest BCUT2D eigenvalue weighted by Crippen LogP contribution is 2.30. The van der Waals surface area contributed by atoms with Crippen molar-refractivity contribution in [2.45, 2.75) is 17.8 Å². The number of H-pyrrole nitrogens is 1. The van der Waals surface area contributed by atoms with Gasteiger partial charge in [-0.3, -0.25) is 4.79 Å². The molecule has 0 fully saturated rings. The number of nitrogen functional groups attached to an aromatic ring is 1. The van der Waals surface area contributed by atoms with Gasteiger partial charge in [-0.15, -0.1) is 0 Å². The second kappa shape index (κ2) is 5.81. The Morgan fingerprint density at radius 3 is 2.89 bits per heavy atom. The lowest BCUT2D eigenvalue weighted by atomic mass is 10.2. The van der Waals surface area contributed by atoms with Crippen LogP contribution in [0.5, 0.6) is 0 Å². The van der Waals surface area contributed by atoms with Gasteiger partial charge in [0.05, 0.1) is 5.02 Å². The van der Waals surface area contributed by atoms with Crippen molar-refractivity contribution in [2.24, 2.45) is 0 Å². The van der Waals surface area contributed by atoms with Crippen molar-refractivity contribution < 1.29 is 0 Å². The third-order valence-corrected chi connectivity index (χ3v) is 4.08. The molecule has 0 aliphatic rings. The Bertz CT molecular complexity index is 674. The van der Waals surface area contributed by atoms with Crippen LogP contribution < -0.4 is 11.3 Å². The summed E-state index contributed by atoms with van der Waals surface area (Å²) >= 11 is 13.5. The van der Waals surface area contributed by atoms with Gasteiger partial charge in [0.15, 0.2) is 5.16 Å². The number of hydrogen-bond acceptors (Lipinski definition) is 5.